The third-order valence-electron chi connectivity index (χ3n) is 2.65. The molecule has 17 heavy (non-hydrogen) atoms. The zero-order chi connectivity index (χ0) is 13.5. The summed E-state index contributed by atoms with van der Waals surface area (Å²) in [5.74, 6) is 0.0458. The van der Waals surface area contributed by atoms with Crippen molar-refractivity contribution in [2.75, 3.05) is 5.75 Å². The molecule has 0 heterocycles. The number of hydrogen-bond donors (Lipinski definition) is 1. The molecular formula is C13H25FO2S. The van der Waals surface area contributed by atoms with Gasteiger partial charge in [-0.1, -0.05) is 27.7 Å². The van der Waals surface area contributed by atoms with Gasteiger partial charge >= 0.3 is 5.97 Å². The molecule has 2 nitrogen and oxygen atoms in total. The summed E-state index contributed by atoms with van der Waals surface area (Å²) in [4.78, 5) is 11.1. The number of hydrogen-bond acceptors (Lipinski definition) is 2. The van der Waals surface area contributed by atoms with Gasteiger partial charge in [0.25, 0.3) is 0 Å². The molecule has 2 unspecified atom stereocenters. The molecule has 0 bridgehead atoms. The fourth-order valence-corrected chi connectivity index (χ4v) is 2.81. The summed E-state index contributed by atoms with van der Waals surface area (Å²) in [6, 6.07) is 0. The topological polar surface area (TPSA) is 37.3 Å². The maximum Gasteiger partial charge on any atom is 0.317 e. The standard InChI is InChI=1S/C13H25FO2S/c1-5-10(14)8-6-7-9-17-11(12(15)16)13(2,3)4/h10-11H,5-9H2,1-4H3,(H,15,16). The van der Waals surface area contributed by atoms with Crippen LogP contribution in [0.4, 0.5) is 4.39 Å². The van der Waals surface area contributed by atoms with Crippen molar-refractivity contribution in [3.63, 3.8) is 0 Å². The molecule has 0 aromatic heterocycles. The molecule has 0 aromatic carbocycles. The summed E-state index contributed by atoms with van der Waals surface area (Å²) in [5.41, 5.74) is -0.234. The van der Waals surface area contributed by atoms with Gasteiger partial charge in [0.1, 0.15) is 5.25 Å². The van der Waals surface area contributed by atoms with E-state index in [2.05, 4.69) is 0 Å². The van der Waals surface area contributed by atoms with Crippen molar-refractivity contribution < 1.29 is 14.3 Å². The van der Waals surface area contributed by atoms with Crippen LogP contribution < -0.4 is 0 Å². The van der Waals surface area contributed by atoms with E-state index >= 15 is 0 Å². The van der Waals surface area contributed by atoms with Crippen LogP contribution in [0.2, 0.25) is 0 Å². The Morgan fingerprint density at radius 2 is 1.94 bits per heavy atom. The Labute approximate surface area is 108 Å². The van der Waals surface area contributed by atoms with Gasteiger partial charge in [-0.25, -0.2) is 4.39 Å². The summed E-state index contributed by atoms with van der Waals surface area (Å²) in [6.07, 6.45) is 2.22. The number of halogens is 1. The fraction of sp³-hybridized carbons (Fsp3) is 0.923. The van der Waals surface area contributed by atoms with E-state index in [9.17, 15) is 9.18 Å². The van der Waals surface area contributed by atoms with Gasteiger partial charge in [0, 0.05) is 0 Å². The second-order valence-corrected chi connectivity index (χ2v) is 6.67. The highest BCUT2D eigenvalue weighted by atomic mass is 32.2. The van der Waals surface area contributed by atoms with E-state index in [1.807, 2.05) is 27.7 Å². The minimum atomic E-state index is -0.751. The van der Waals surface area contributed by atoms with Crippen molar-refractivity contribution in [1.82, 2.24) is 0 Å². The lowest BCUT2D eigenvalue weighted by molar-refractivity contribution is -0.138. The van der Waals surface area contributed by atoms with Gasteiger partial charge in [-0.15, -0.1) is 11.8 Å². The number of carboxylic acid groups (broad SMARTS) is 1. The molecule has 0 aromatic rings. The molecule has 0 spiro atoms. The number of thioether (sulfide) groups is 1. The second-order valence-electron chi connectivity index (χ2n) is 5.46. The Bertz CT molecular complexity index is 226. The number of carbonyl (C=O) groups is 1. The number of unbranched alkanes of at least 4 members (excludes halogenated alkanes) is 1. The molecule has 0 aliphatic heterocycles. The van der Waals surface area contributed by atoms with Crippen LogP contribution in [-0.2, 0) is 4.79 Å². The normalized spacial score (nSPS) is 15.6. The summed E-state index contributed by atoms with van der Waals surface area (Å²) in [6.45, 7) is 7.66. The lowest BCUT2D eigenvalue weighted by atomic mass is 9.92. The predicted molar refractivity (Wildman–Crippen MR) is 72.4 cm³/mol. The average Bonchev–Trinajstić information content (AvgIpc) is 2.20. The number of rotatable bonds is 8. The van der Waals surface area contributed by atoms with Crippen molar-refractivity contribution in [1.29, 1.82) is 0 Å². The van der Waals surface area contributed by atoms with Crippen molar-refractivity contribution >= 4 is 17.7 Å². The highest BCUT2D eigenvalue weighted by molar-refractivity contribution is 8.00. The van der Waals surface area contributed by atoms with Crippen molar-refractivity contribution in [3.8, 4) is 0 Å². The summed E-state index contributed by atoms with van der Waals surface area (Å²) in [5, 5.41) is 8.73. The minimum absolute atomic E-state index is 0.234. The van der Waals surface area contributed by atoms with Crippen LogP contribution in [0.5, 0.6) is 0 Å². The van der Waals surface area contributed by atoms with Crippen LogP contribution in [0.25, 0.3) is 0 Å². The molecule has 0 fully saturated rings. The first-order chi connectivity index (χ1) is 7.79. The van der Waals surface area contributed by atoms with E-state index in [-0.39, 0.29) is 10.7 Å². The molecule has 0 aliphatic carbocycles. The molecule has 2 atom stereocenters. The lowest BCUT2D eigenvalue weighted by Crippen LogP contribution is -2.31. The summed E-state index contributed by atoms with van der Waals surface area (Å²) >= 11 is 1.47. The van der Waals surface area contributed by atoms with Gasteiger partial charge in [0.2, 0.25) is 0 Å². The molecule has 0 radical (unpaired) electrons. The van der Waals surface area contributed by atoms with Crippen LogP contribution in [-0.4, -0.2) is 28.3 Å². The van der Waals surface area contributed by atoms with E-state index in [0.29, 0.717) is 12.8 Å². The molecule has 4 heteroatoms. The lowest BCUT2D eigenvalue weighted by Gasteiger charge is -2.26. The molecule has 0 saturated carbocycles. The smallest absolute Gasteiger partial charge is 0.317 e. The Hall–Kier alpha value is -0.250. The molecule has 0 rings (SSSR count). The number of carboxylic acids is 1. The minimum Gasteiger partial charge on any atom is -0.480 e. The highest BCUT2D eigenvalue weighted by Crippen LogP contribution is 2.31. The van der Waals surface area contributed by atoms with Gasteiger partial charge in [0.05, 0.1) is 6.17 Å². The third-order valence-corrected chi connectivity index (χ3v) is 4.42. The number of aliphatic carboxylic acids is 1. The van der Waals surface area contributed by atoms with Crippen LogP contribution in [0, 0.1) is 5.41 Å². The average molecular weight is 264 g/mol. The van der Waals surface area contributed by atoms with E-state index in [1.165, 1.54) is 11.8 Å². The second kappa shape index (κ2) is 7.96. The van der Waals surface area contributed by atoms with Crippen LogP contribution in [0.15, 0.2) is 0 Å². The van der Waals surface area contributed by atoms with E-state index in [4.69, 9.17) is 5.11 Å². The van der Waals surface area contributed by atoms with Crippen molar-refractivity contribution in [2.24, 2.45) is 5.41 Å². The Kier molecular flexibility index (Phi) is 7.84. The van der Waals surface area contributed by atoms with Gasteiger partial charge in [-0.05, 0) is 36.9 Å². The molecule has 102 valence electrons. The molecule has 0 aliphatic rings. The molecule has 0 amide bonds. The van der Waals surface area contributed by atoms with Crippen LogP contribution in [0.3, 0.4) is 0 Å². The quantitative estimate of drug-likeness (QED) is 0.670. The van der Waals surface area contributed by atoms with E-state index in [0.717, 1.165) is 18.6 Å². The van der Waals surface area contributed by atoms with E-state index in [1.54, 1.807) is 0 Å². The zero-order valence-electron chi connectivity index (χ0n) is 11.3. The summed E-state index contributed by atoms with van der Waals surface area (Å²) < 4.78 is 12.9. The molecular weight excluding hydrogens is 239 g/mol. The summed E-state index contributed by atoms with van der Waals surface area (Å²) in [7, 11) is 0. The van der Waals surface area contributed by atoms with Crippen LogP contribution >= 0.6 is 11.8 Å². The Balaban J connectivity index is 3.81. The van der Waals surface area contributed by atoms with Gasteiger partial charge in [-0.3, -0.25) is 4.79 Å². The zero-order valence-corrected chi connectivity index (χ0v) is 12.1. The maximum atomic E-state index is 12.9. The van der Waals surface area contributed by atoms with Gasteiger partial charge < -0.3 is 5.11 Å². The van der Waals surface area contributed by atoms with Gasteiger partial charge in [-0.2, -0.15) is 0 Å². The third kappa shape index (κ3) is 7.63. The monoisotopic (exact) mass is 264 g/mol. The number of alkyl halides is 1. The van der Waals surface area contributed by atoms with Crippen LogP contribution in [0.1, 0.15) is 53.4 Å². The maximum absolute atomic E-state index is 12.9. The predicted octanol–water partition coefficient (Wildman–Crippen LogP) is 4.14. The fourth-order valence-electron chi connectivity index (χ4n) is 1.56. The highest BCUT2D eigenvalue weighted by Gasteiger charge is 2.31. The Morgan fingerprint density at radius 3 is 2.35 bits per heavy atom. The SMILES string of the molecule is CCC(F)CCCCSC(C(=O)O)C(C)(C)C. The largest absolute Gasteiger partial charge is 0.480 e. The molecule has 0 saturated heterocycles. The first-order valence-electron chi connectivity index (χ1n) is 6.27. The molecule has 1 N–H and O–H groups in total. The van der Waals surface area contributed by atoms with Crippen molar-refractivity contribution in [2.45, 2.75) is 64.8 Å². The first-order valence-corrected chi connectivity index (χ1v) is 7.32. The Morgan fingerprint density at radius 1 is 1.35 bits per heavy atom. The van der Waals surface area contributed by atoms with Crippen molar-refractivity contribution in [3.05, 3.63) is 0 Å². The van der Waals surface area contributed by atoms with E-state index < -0.39 is 12.1 Å². The van der Waals surface area contributed by atoms with Gasteiger partial charge in [0.15, 0.2) is 0 Å². The first kappa shape index (κ1) is 16.8.